The standard InChI is InChI=1S/C15H19N3O2/c1-11(19)13-6-8-18(9-7-13)15(20)17-14-4-2-12(10-16)3-5-14/h2-5,11,13,19H,6-9H2,1H3,(H,17,20). The maximum Gasteiger partial charge on any atom is 0.321 e. The summed E-state index contributed by atoms with van der Waals surface area (Å²) in [6.45, 7) is 3.13. The van der Waals surface area contributed by atoms with E-state index in [1.54, 1.807) is 36.1 Å². The normalized spacial score (nSPS) is 17.4. The molecule has 1 aromatic carbocycles. The fraction of sp³-hybridized carbons (Fsp3) is 0.467. The minimum absolute atomic E-state index is 0.126. The number of benzene rings is 1. The molecule has 1 aliphatic rings. The second-order valence-electron chi connectivity index (χ2n) is 5.18. The summed E-state index contributed by atoms with van der Waals surface area (Å²) in [5.41, 5.74) is 1.26. The number of anilines is 1. The first-order valence-electron chi connectivity index (χ1n) is 6.84. The Balaban J connectivity index is 1.88. The van der Waals surface area contributed by atoms with E-state index in [4.69, 9.17) is 5.26 Å². The highest BCUT2D eigenvalue weighted by atomic mass is 16.3. The molecule has 1 unspecified atom stereocenters. The summed E-state index contributed by atoms with van der Waals surface area (Å²) in [7, 11) is 0. The summed E-state index contributed by atoms with van der Waals surface area (Å²) in [4.78, 5) is 13.8. The zero-order valence-electron chi connectivity index (χ0n) is 11.5. The lowest BCUT2D eigenvalue weighted by Crippen LogP contribution is -2.42. The lowest BCUT2D eigenvalue weighted by atomic mass is 9.92. The molecule has 0 aliphatic carbocycles. The van der Waals surface area contributed by atoms with Crippen molar-refractivity contribution < 1.29 is 9.90 Å². The van der Waals surface area contributed by atoms with Gasteiger partial charge in [-0.15, -0.1) is 0 Å². The van der Waals surface area contributed by atoms with Crippen LogP contribution in [0.3, 0.4) is 0 Å². The van der Waals surface area contributed by atoms with Crippen molar-refractivity contribution in [2.75, 3.05) is 18.4 Å². The molecule has 5 nitrogen and oxygen atoms in total. The summed E-state index contributed by atoms with van der Waals surface area (Å²) in [5.74, 6) is 0.286. The SMILES string of the molecule is CC(O)C1CCN(C(=O)Nc2ccc(C#N)cc2)CC1. The molecule has 20 heavy (non-hydrogen) atoms. The highest BCUT2D eigenvalue weighted by molar-refractivity contribution is 5.89. The predicted molar refractivity (Wildman–Crippen MR) is 76.2 cm³/mol. The molecule has 0 bridgehead atoms. The molecule has 1 aromatic rings. The van der Waals surface area contributed by atoms with E-state index in [0.717, 1.165) is 12.8 Å². The van der Waals surface area contributed by atoms with E-state index in [0.29, 0.717) is 24.3 Å². The molecule has 2 amide bonds. The Morgan fingerprint density at radius 3 is 2.50 bits per heavy atom. The van der Waals surface area contributed by atoms with E-state index >= 15 is 0 Å². The maximum absolute atomic E-state index is 12.1. The lowest BCUT2D eigenvalue weighted by molar-refractivity contribution is 0.0820. The van der Waals surface area contributed by atoms with E-state index in [1.807, 2.05) is 6.07 Å². The van der Waals surface area contributed by atoms with Gasteiger partial charge in [0.1, 0.15) is 0 Å². The lowest BCUT2D eigenvalue weighted by Gasteiger charge is -2.33. The maximum atomic E-state index is 12.1. The second kappa shape index (κ2) is 6.40. The molecule has 1 heterocycles. The first kappa shape index (κ1) is 14.4. The summed E-state index contributed by atoms with van der Waals surface area (Å²) in [6, 6.07) is 8.71. The number of carbonyl (C=O) groups is 1. The van der Waals surface area contributed by atoms with Crippen LogP contribution in [0.25, 0.3) is 0 Å². The Kier molecular flexibility index (Phi) is 4.59. The van der Waals surface area contributed by atoms with Gasteiger partial charge in [-0.1, -0.05) is 0 Å². The molecular formula is C15H19N3O2. The second-order valence-corrected chi connectivity index (χ2v) is 5.18. The molecule has 1 fully saturated rings. The van der Waals surface area contributed by atoms with Crippen molar-refractivity contribution in [1.29, 1.82) is 5.26 Å². The van der Waals surface area contributed by atoms with Crippen LogP contribution in [0.15, 0.2) is 24.3 Å². The molecule has 0 radical (unpaired) electrons. The van der Waals surface area contributed by atoms with Crippen molar-refractivity contribution in [3.8, 4) is 6.07 Å². The zero-order valence-corrected chi connectivity index (χ0v) is 11.5. The van der Waals surface area contributed by atoms with Crippen LogP contribution >= 0.6 is 0 Å². The van der Waals surface area contributed by atoms with Gasteiger partial charge >= 0.3 is 6.03 Å². The number of aliphatic hydroxyl groups is 1. The van der Waals surface area contributed by atoms with Gasteiger partial charge in [0.15, 0.2) is 0 Å². The fourth-order valence-electron chi connectivity index (χ4n) is 2.42. The van der Waals surface area contributed by atoms with Crippen molar-refractivity contribution in [2.45, 2.75) is 25.9 Å². The van der Waals surface area contributed by atoms with Crippen molar-refractivity contribution in [1.82, 2.24) is 4.90 Å². The Bertz CT molecular complexity index is 497. The van der Waals surface area contributed by atoms with Crippen LogP contribution in [0.4, 0.5) is 10.5 Å². The number of likely N-dealkylation sites (tertiary alicyclic amines) is 1. The Hall–Kier alpha value is -2.06. The number of nitriles is 1. The van der Waals surface area contributed by atoms with Gasteiger partial charge in [-0.2, -0.15) is 5.26 Å². The first-order valence-corrected chi connectivity index (χ1v) is 6.84. The number of nitrogens with one attached hydrogen (secondary N) is 1. The molecule has 5 heteroatoms. The fourth-order valence-corrected chi connectivity index (χ4v) is 2.42. The number of urea groups is 1. The van der Waals surface area contributed by atoms with Gasteiger partial charge in [-0.3, -0.25) is 0 Å². The number of hydrogen-bond donors (Lipinski definition) is 2. The number of rotatable bonds is 2. The molecule has 0 spiro atoms. The average molecular weight is 273 g/mol. The Morgan fingerprint density at radius 1 is 1.40 bits per heavy atom. The summed E-state index contributed by atoms with van der Waals surface area (Å²) in [5, 5.41) is 21.1. The smallest absolute Gasteiger partial charge is 0.321 e. The van der Waals surface area contributed by atoms with Gasteiger partial charge in [0, 0.05) is 18.8 Å². The van der Waals surface area contributed by atoms with E-state index in [1.165, 1.54) is 0 Å². The van der Waals surface area contributed by atoms with Crippen LogP contribution in [-0.2, 0) is 0 Å². The van der Waals surface area contributed by atoms with E-state index in [2.05, 4.69) is 5.32 Å². The van der Waals surface area contributed by atoms with E-state index in [9.17, 15) is 9.90 Å². The minimum atomic E-state index is -0.307. The molecule has 2 rings (SSSR count). The van der Waals surface area contributed by atoms with Gasteiger partial charge in [-0.05, 0) is 49.9 Å². The number of carbonyl (C=O) groups excluding carboxylic acids is 1. The molecule has 1 saturated heterocycles. The third-order valence-electron chi connectivity index (χ3n) is 3.77. The van der Waals surface area contributed by atoms with E-state index in [-0.39, 0.29) is 18.1 Å². The zero-order chi connectivity index (χ0) is 14.5. The van der Waals surface area contributed by atoms with Crippen LogP contribution < -0.4 is 5.32 Å². The van der Waals surface area contributed by atoms with E-state index < -0.39 is 0 Å². The third kappa shape index (κ3) is 3.49. The van der Waals surface area contributed by atoms with Crippen molar-refractivity contribution in [3.63, 3.8) is 0 Å². The number of aliphatic hydroxyl groups excluding tert-OH is 1. The highest BCUT2D eigenvalue weighted by Crippen LogP contribution is 2.21. The van der Waals surface area contributed by atoms with Crippen LogP contribution in [0, 0.1) is 17.2 Å². The van der Waals surface area contributed by atoms with Crippen molar-refractivity contribution in [2.24, 2.45) is 5.92 Å². The monoisotopic (exact) mass is 273 g/mol. The molecule has 0 saturated carbocycles. The summed E-state index contributed by atoms with van der Waals surface area (Å²) < 4.78 is 0. The average Bonchev–Trinajstić information content (AvgIpc) is 2.48. The van der Waals surface area contributed by atoms with Crippen molar-refractivity contribution in [3.05, 3.63) is 29.8 Å². The van der Waals surface area contributed by atoms with Crippen LogP contribution in [0.2, 0.25) is 0 Å². The van der Waals surface area contributed by atoms with Crippen LogP contribution in [-0.4, -0.2) is 35.2 Å². The molecule has 0 aromatic heterocycles. The summed E-state index contributed by atoms with van der Waals surface area (Å²) >= 11 is 0. The molecule has 1 aliphatic heterocycles. The molecule has 2 N–H and O–H groups in total. The highest BCUT2D eigenvalue weighted by Gasteiger charge is 2.25. The quantitative estimate of drug-likeness (QED) is 0.867. The summed E-state index contributed by atoms with van der Waals surface area (Å²) in [6.07, 6.45) is 1.36. The van der Waals surface area contributed by atoms with Gasteiger partial charge in [0.05, 0.1) is 17.7 Å². The number of amides is 2. The number of nitrogens with zero attached hydrogens (tertiary/aromatic N) is 2. The Labute approximate surface area is 118 Å². The van der Waals surface area contributed by atoms with Gasteiger partial charge < -0.3 is 15.3 Å². The number of piperidine rings is 1. The van der Waals surface area contributed by atoms with Crippen LogP contribution in [0.5, 0.6) is 0 Å². The van der Waals surface area contributed by atoms with Gasteiger partial charge in [-0.25, -0.2) is 4.79 Å². The topological polar surface area (TPSA) is 76.4 Å². The molecular weight excluding hydrogens is 254 g/mol. The molecule has 106 valence electrons. The number of hydrogen-bond acceptors (Lipinski definition) is 3. The largest absolute Gasteiger partial charge is 0.393 e. The van der Waals surface area contributed by atoms with Gasteiger partial charge in [0.2, 0.25) is 0 Å². The first-order chi connectivity index (χ1) is 9.60. The van der Waals surface area contributed by atoms with Gasteiger partial charge in [0.25, 0.3) is 0 Å². The predicted octanol–water partition coefficient (Wildman–Crippen LogP) is 2.18. The van der Waals surface area contributed by atoms with Crippen molar-refractivity contribution >= 4 is 11.7 Å². The van der Waals surface area contributed by atoms with Crippen LogP contribution in [0.1, 0.15) is 25.3 Å². The third-order valence-corrected chi connectivity index (χ3v) is 3.77. The minimum Gasteiger partial charge on any atom is -0.393 e. The molecule has 1 atom stereocenters. The Morgan fingerprint density at radius 2 is 2.00 bits per heavy atom.